The Kier molecular flexibility index (Phi) is 5.58. The first-order chi connectivity index (χ1) is 17.7. The molecular weight excluding hydrogens is 450 g/mol. The van der Waals surface area contributed by atoms with Crippen molar-refractivity contribution in [3.05, 3.63) is 113 Å². The van der Waals surface area contributed by atoms with Gasteiger partial charge in [-0.25, -0.2) is 4.68 Å². The van der Waals surface area contributed by atoms with E-state index in [1.54, 1.807) is 6.20 Å². The van der Waals surface area contributed by atoms with Gasteiger partial charge in [-0.3, -0.25) is 9.59 Å². The van der Waals surface area contributed by atoms with Crippen LogP contribution in [-0.4, -0.2) is 31.8 Å². The van der Waals surface area contributed by atoms with E-state index in [1.807, 2.05) is 83.6 Å². The van der Waals surface area contributed by atoms with Gasteiger partial charge in [0.15, 0.2) is 0 Å². The molecule has 0 spiro atoms. The van der Waals surface area contributed by atoms with Crippen LogP contribution in [0.1, 0.15) is 11.1 Å². The Morgan fingerprint density at radius 1 is 0.889 bits per heavy atom. The molecule has 6 rings (SSSR count). The SMILES string of the molecule is O=C(Cn1ncc2c3ccccc3n(Cc3ccccc3)c2c1=O)NCCc1c[nH]c2ccccc12. The van der Waals surface area contributed by atoms with Gasteiger partial charge in [0.05, 0.1) is 6.20 Å². The van der Waals surface area contributed by atoms with Crippen LogP contribution in [0.3, 0.4) is 0 Å². The highest BCUT2D eigenvalue weighted by atomic mass is 16.2. The summed E-state index contributed by atoms with van der Waals surface area (Å²) in [5.74, 6) is -0.241. The Morgan fingerprint density at radius 2 is 1.64 bits per heavy atom. The first-order valence-corrected chi connectivity index (χ1v) is 12.0. The molecule has 0 unspecified atom stereocenters. The standard InChI is InChI=1S/C29H25N5O2/c35-27(30-15-14-21-16-31-25-12-6-4-10-22(21)25)19-34-29(36)28-24(17-32-34)23-11-5-7-13-26(23)33(28)18-20-8-2-1-3-9-20/h1-13,16-17,31H,14-15,18-19H2,(H,30,35). The average molecular weight is 476 g/mol. The fourth-order valence-electron chi connectivity index (χ4n) is 4.90. The summed E-state index contributed by atoms with van der Waals surface area (Å²) in [6.45, 7) is 0.905. The largest absolute Gasteiger partial charge is 0.361 e. The number of carbonyl (C=O) groups is 1. The second-order valence-corrected chi connectivity index (χ2v) is 8.92. The van der Waals surface area contributed by atoms with E-state index < -0.39 is 0 Å². The fraction of sp³-hybridized carbons (Fsp3) is 0.138. The number of benzene rings is 3. The molecule has 3 aromatic heterocycles. The van der Waals surface area contributed by atoms with Gasteiger partial charge in [0, 0.05) is 46.5 Å². The quantitative estimate of drug-likeness (QED) is 0.362. The van der Waals surface area contributed by atoms with Crippen LogP contribution in [0.15, 0.2) is 96.1 Å². The number of carbonyl (C=O) groups excluding carboxylic acids is 1. The Balaban J connectivity index is 1.25. The molecule has 0 aliphatic carbocycles. The Bertz CT molecular complexity index is 1760. The van der Waals surface area contributed by atoms with Crippen molar-refractivity contribution in [2.24, 2.45) is 0 Å². The van der Waals surface area contributed by atoms with Crippen LogP contribution in [0.2, 0.25) is 0 Å². The lowest BCUT2D eigenvalue weighted by Gasteiger charge is -2.09. The van der Waals surface area contributed by atoms with Gasteiger partial charge < -0.3 is 14.9 Å². The maximum Gasteiger partial charge on any atom is 0.291 e. The van der Waals surface area contributed by atoms with Crippen LogP contribution in [0, 0.1) is 0 Å². The van der Waals surface area contributed by atoms with E-state index in [2.05, 4.69) is 21.5 Å². The van der Waals surface area contributed by atoms with Gasteiger partial charge in [-0.15, -0.1) is 0 Å². The number of rotatable bonds is 7. The highest BCUT2D eigenvalue weighted by Crippen LogP contribution is 2.27. The average Bonchev–Trinajstić information content (AvgIpc) is 3.46. The first kappa shape index (κ1) is 21.9. The van der Waals surface area contributed by atoms with Crippen LogP contribution in [-0.2, 0) is 24.3 Å². The number of amides is 1. The molecule has 7 heteroatoms. The van der Waals surface area contributed by atoms with Gasteiger partial charge in [-0.2, -0.15) is 5.10 Å². The summed E-state index contributed by atoms with van der Waals surface area (Å²) in [6.07, 6.45) is 4.37. The van der Waals surface area contributed by atoms with Crippen molar-refractivity contribution in [3.63, 3.8) is 0 Å². The minimum atomic E-state index is -0.272. The maximum atomic E-state index is 13.5. The van der Waals surface area contributed by atoms with Crippen molar-refractivity contribution < 1.29 is 4.79 Å². The molecule has 0 radical (unpaired) electrons. The van der Waals surface area contributed by atoms with Crippen LogP contribution in [0.4, 0.5) is 0 Å². The monoisotopic (exact) mass is 475 g/mol. The second kappa shape index (κ2) is 9.19. The lowest BCUT2D eigenvalue weighted by atomic mass is 10.1. The number of nitrogens with one attached hydrogen (secondary N) is 2. The molecule has 0 aliphatic heterocycles. The molecule has 2 N–H and O–H groups in total. The topological polar surface area (TPSA) is 84.7 Å². The summed E-state index contributed by atoms with van der Waals surface area (Å²) in [6, 6.07) is 26.1. The molecule has 1 amide bonds. The van der Waals surface area contributed by atoms with Gasteiger partial charge in [-0.1, -0.05) is 66.7 Å². The predicted octanol–water partition coefficient (Wildman–Crippen LogP) is 4.24. The van der Waals surface area contributed by atoms with Crippen molar-refractivity contribution in [2.45, 2.75) is 19.5 Å². The fourth-order valence-corrected chi connectivity index (χ4v) is 4.90. The van der Waals surface area contributed by atoms with E-state index in [0.29, 0.717) is 25.0 Å². The molecule has 3 heterocycles. The van der Waals surface area contributed by atoms with Gasteiger partial charge in [0.2, 0.25) is 5.91 Å². The molecule has 0 atom stereocenters. The molecule has 6 aromatic rings. The molecule has 3 aromatic carbocycles. The molecule has 0 aliphatic rings. The summed E-state index contributed by atoms with van der Waals surface area (Å²) in [4.78, 5) is 29.5. The summed E-state index contributed by atoms with van der Waals surface area (Å²) in [5.41, 5.74) is 4.57. The minimum Gasteiger partial charge on any atom is -0.361 e. The van der Waals surface area contributed by atoms with Crippen molar-refractivity contribution in [3.8, 4) is 0 Å². The predicted molar refractivity (Wildman–Crippen MR) is 142 cm³/mol. The van der Waals surface area contributed by atoms with Crippen molar-refractivity contribution in [1.82, 2.24) is 24.6 Å². The van der Waals surface area contributed by atoms with Crippen LogP contribution >= 0.6 is 0 Å². The maximum absolute atomic E-state index is 13.5. The van der Waals surface area contributed by atoms with Gasteiger partial charge in [0.25, 0.3) is 5.56 Å². The number of nitrogens with zero attached hydrogens (tertiary/aromatic N) is 3. The summed E-state index contributed by atoms with van der Waals surface area (Å²) >= 11 is 0. The molecule has 7 nitrogen and oxygen atoms in total. The number of H-pyrrole nitrogens is 1. The minimum absolute atomic E-state index is 0.129. The van der Waals surface area contributed by atoms with Gasteiger partial charge in [-0.05, 0) is 29.7 Å². The highest BCUT2D eigenvalue weighted by molar-refractivity contribution is 6.07. The Morgan fingerprint density at radius 3 is 2.50 bits per heavy atom. The van der Waals surface area contributed by atoms with Crippen LogP contribution in [0.25, 0.3) is 32.7 Å². The number of hydrogen-bond donors (Lipinski definition) is 2. The third-order valence-electron chi connectivity index (χ3n) is 6.64. The van der Waals surface area contributed by atoms with E-state index in [9.17, 15) is 9.59 Å². The summed E-state index contributed by atoms with van der Waals surface area (Å²) < 4.78 is 3.28. The smallest absolute Gasteiger partial charge is 0.291 e. The Labute approximate surface area is 207 Å². The summed E-state index contributed by atoms with van der Waals surface area (Å²) in [7, 11) is 0. The van der Waals surface area contributed by atoms with Crippen molar-refractivity contribution >= 4 is 38.6 Å². The molecule has 0 saturated carbocycles. The van der Waals surface area contributed by atoms with E-state index in [0.717, 1.165) is 38.3 Å². The molecule has 0 fully saturated rings. The number of fused-ring (bicyclic) bond motifs is 4. The molecule has 0 bridgehead atoms. The lowest BCUT2D eigenvalue weighted by Crippen LogP contribution is -2.35. The van der Waals surface area contributed by atoms with E-state index in [1.165, 1.54) is 4.68 Å². The zero-order chi connectivity index (χ0) is 24.5. The van der Waals surface area contributed by atoms with E-state index in [4.69, 9.17) is 0 Å². The van der Waals surface area contributed by atoms with Gasteiger partial charge >= 0.3 is 0 Å². The van der Waals surface area contributed by atoms with Crippen LogP contribution in [0.5, 0.6) is 0 Å². The molecule has 178 valence electrons. The Hall–Kier alpha value is -4.65. The lowest BCUT2D eigenvalue weighted by molar-refractivity contribution is -0.121. The van der Waals surface area contributed by atoms with Crippen LogP contribution < -0.4 is 10.9 Å². The third-order valence-corrected chi connectivity index (χ3v) is 6.64. The summed E-state index contributed by atoms with van der Waals surface area (Å²) in [5, 5.41) is 10.2. The second-order valence-electron chi connectivity index (χ2n) is 8.92. The van der Waals surface area contributed by atoms with E-state index >= 15 is 0 Å². The third kappa shape index (κ3) is 3.94. The van der Waals surface area contributed by atoms with Gasteiger partial charge in [0.1, 0.15) is 12.1 Å². The number of aromatic nitrogens is 4. The van der Waals surface area contributed by atoms with Crippen molar-refractivity contribution in [1.29, 1.82) is 0 Å². The zero-order valence-corrected chi connectivity index (χ0v) is 19.6. The molecular formula is C29H25N5O2. The number of hydrogen-bond acceptors (Lipinski definition) is 3. The zero-order valence-electron chi connectivity index (χ0n) is 19.6. The molecule has 0 saturated heterocycles. The normalized spacial score (nSPS) is 11.4. The number of aromatic amines is 1. The first-order valence-electron chi connectivity index (χ1n) is 12.0. The van der Waals surface area contributed by atoms with E-state index in [-0.39, 0.29) is 18.0 Å². The van der Waals surface area contributed by atoms with Crippen molar-refractivity contribution in [2.75, 3.05) is 6.54 Å². The number of para-hydroxylation sites is 2. The highest BCUT2D eigenvalue weighted by Gasteiger charge is 2.17. The molecule has 36 heavy (non-hydrogen) atoms.